The highest BCUT2D eigenvalue weighted by Gasteiger charge is 2.48. The summed E-state index contributed by atoms with van der Waals surface area (Å²) in [5.74, 6) is 0.912. The molecule has 190 valence electrons. The fourth-order valence-electron chi connectivity index (χ4n) is 7.97. The molecule has 0 heterocycles. The molecule has 0 aromatic heterocycles. The number of benzene rings is 4. The molecule has 0 amide bonds. The first-order valence-electron chi connectivity index (χ1n) is 14.6. The third kappa shape index (κ3) is 3.44. The van der Waals surface area contributed by atoms with Gasteiger partial charge in [-0.1, -0.05) is 111 Å². The lowest BCUT2D eigenvalue weighted by Crippen LogP contribution is -2.26. The Morgan fingerprint density at radius 2 is 1.33 bits per heavy atom. The molecule has 4 aromatic carbocycles. The summed E-state index contributed by atoms with van der Waals surface area (Å²) in [5.41, 5.74) is 14.9. The fourth-order valence-corrected chi connectivity index (χ4v) is 7.97. The van der Waals surface area contributed by atoms with Crippen molar-refractivity contribution in [2.24, 2.45) is 5.92 Å². The standard InChI is InChI=1S/C39H34/c1-39(2)36-24-30(29-19-18-27-22-26(16-17-28(27)23-29)25-10-4-3-5-11-25)20-21-35(36)37-33-14-8-6-12-31(33)32-13-7-9-15-34(32)38(37)39/h3-5,8-11,14-24,35-36H,6-7,12-13H2,1-2H3. The van der Waals surface area contributed by atoms with Gasteiger partial charge in [-0.2, -0.15) is 0 Å². The van der Waals surface area contributed by atoms with Crippen molar-refractivity contribution in [3.05, 3.63) is 136 Å². The Kier molecular flexibility index (Phi) is 5.05. The summed E-state index contributed by atoms with van der Waals surface area (Å²) in [5, 5.41) is 2.60. The lowest BCUT2D eigenvalue weighted by Gasteiger charge is -2.32. The molecule has 4 aliphatic rings. The molecule has 0 spiro atoms. The first kappa shape index (κ1) is 23.0. The summed E-state index contributed by atoms with van der Waals surface area (Å²) in [6.45, 7) is 4.99. The summed E-state index contributed by atoms with van der Waals surface area (Å²) < 4.78 is 0. The van der Waals surface area contributed by atoms with Crippen molar-refractivity contribution >= 4 is 28.5 Å². The number of rotatable bonds is 2. The van der Waals surface area contributed by atoms with Crippen LogP contribution in [0.5, 0.6) is 0 Å². The van der Waals surface area contributed by atoms with Crippen molar-refractivity contribution in [1.29, 1.82) is 0 Å². The Labute approximate surface area is 232 Å². The zero-order valence-corrected chi connectivity index (χ0v) is 22.9. The first-order chi connectivity index (χ1) is 19.1. The van der Waals surface area contributed by atoms with Gasteiger partial charge in [-0.15, -0.1) is 0 Å². The van der Waals surface area contributed by atoms with Crippen molar-refractivity contribution in [1.82, 2.24) is 0 Å². The van der Waals surface area contributed by atoms with Crippen LogP contribution in [0.3, 0.4) is 0 Å². The van der Waals surface area contributed by atoms with E-state index in [-0.39, 0.29) is 5.41 Å². The third-order valence-electron chi connectivity index (χ3n) is 9.86. The zero-order chi connectivity index (χ0) is 26.1. The molecule has 0 radical (unpaired) electrons. The molecular weight excluding hydrogens is 468 g/mol. The SMILES string of the molecule is CC1(C)c2c3c(c4c(c2C2C=CC(c5ccc6cc(-c7ccccc7)ccc6c5)=CC21)C=CCC4)CCC=C3. The molecule has 2 unspecified atom stereocenters. The van der Waals surface area contributed by atoms with E-state index in [0.29, 0.717) is 11.8 Å². The average molecular weight is 503 g/mol. The smallest absolute Gasteiger partial charge is 0.0102 e. The highest BCUT2D eigenvalue weighted by atomic mass is 14.5. The Morgan fingerprint density at radius 1 is 0.667 bits per heavy atom. The quantitative estimate of drug-likeness (QED) is 0.256. The van der Waals surface area contributed by atoms with E-state index in [1.165, 1.54) is 58.7 Å². The van der Waals surface area contributed by atoms with Crippen LogP contribution in [0.1, 0.15) is 71.6 Å². The number of fused-ring (bicyclic) bond motifs is 9. The van der Waals surface area contributed by atoms with Gasteiger partial charge >= 0.3 is 0 Å². The molecule has 2 atom stereocenters. The van der Waals surface area contributed by atoms with Crippen molar-refractivity contribution in [2.45, 2.75) is 50.9 Å². The van der Waals surface area contributed by atoms with E-state index in [4.69, 9.17) is 0 Å². The summed E-state index contributed by atoms with van der Waals surface area (Å²) in [6, 6.07) is 24.5. The van der Waals surface area contributed by atoms with Crippen LogP contribution < -0.4 is 0 Å². The van der Waals surface area contributed by atoms with Gasteiger partial charge in [0.2, 0.25) is 0 Å². The molecule has 4 aliphatic carbocycles. The Bertz CT molecular complexity index is 1770. The minimum Gasteiger partial charge on any atom is -0.0836 e. The second-order valence-corrected chi connectivity index (χ2v) is 12.4. The Balaban J connectivity index is 1.21. The highest BCUT2D eigenvalue weighted by molar-refractivity contribution is 5.91. The summed E-state index contributed by atoms with van der Waals surface area (Å²) in [6.07, 6.45) is 22.0. The minimum absolute atomic E-state index is 0.0868. The van der Waals surface area contributed by atoms with Crippen molar-refractivity contribution in [3.8, 4) is 11.1 Å². The van der Waals surface area contributed by atoms with E-state index in [9.17, 15) is 0 Å². The van der Waals surface area contributed by atoms with E-state index in [2.05, 4.69) is 123 Å². The van der Waals surface area contributed by atoms with E-state index < -0.39 is 0 Å². The van der Waals surface area contributed by atoms with E-state index in [1.807, 2.05) is 0 Å². The molecule has 0 bridgehead atoms. The molecule has 0 fully saturated rings. The number of hydrogen-bond acceptors (Lipinski definition) is 0. The largest absolute Gasteiger partial charge is 0.0836 e. The lowest BCUT2D eigenvalue weighted by molar-refractivity contribution is 0.395. The van der Waals surface area contributed by atoms with Crippen molar-refractivity contribution in [2.75, 3.05) is 0 Å². The molecular formula is C39H34. The van der Waals surface area contributed by atoms with Crippen molar-refractivity contribution < 1.29 is 0 Å². The molecule has 4 aromatic rings. The first-order valence-corrected chi connectivity index (χ1v) is 14.6. The average Bonchev–Trinajstić information content (AvgIpc) is 3.24. The van der Waals surface area contributed by atoms with Crippen LogP contribution in [0.4, 0.5) is 0 Å². The van der Waals surface area contributed by atoms with Gasteiger partial charge in [-0.3, -0.25) is 0 Å². The predicted octanol–water partition coefficient (Wildman–Crippen LogP) is 10.1. The lowest BCUT2D eigenvalue weighted by atomic mass is 9.71. The van der Waals surface area contributed by atoms with Gasteiger partial charge < -0.3 is 0 Å². The highest BCUT2D eigenvalue weighted by Crippen LogP contribution is 2.58. The maximum absolute atomic E-state index is 2.60. The van der Waals surface area contributed by atoms with Gasteiger partial charge in [-0.25, -0.2) is 0 Å². The van der Waals surface area contributed by atoms with E-state index in [1.54, 1.807) is 33.4 Å². The van der Waals surface area contributed by atoms with Gasteiger partial charge in [0.15, 0.2) is 0 Å². The Morgan fingerprint density at radius 3 is 2.10 bits per heavy atom. The van der Waals surface area contributed by atoms with Crippen LogP contribution in [0, 0.1) is 5.92 Å². The summed E-state index contributed by atoms with van der Waals surface area (Å²) in [4.78, 5) is 0. The van der Waals surface area contributed by atoms with Gasteiger partial charge in [0.05, 0.1) is 0 Å². The molecule has 0 aliphatic heterocycles. The zero-order valence-electron chi connectivity index (χ0n) is 22.9. The topological polar surface area (TPSA) is 0 Å². The van der Waals surface area contributed by atoms with Gasteiger partial charge in [-0.05, 0) is 116 Å². The maximum Gasteiger partial charge on any atom is 0.0102 e. The molecule has 0 N–H and O–H groups in total. The molecule has 0 saturated heterocycles. The Hall–Kier alpha value is -3.90. The molecule has 0 heteroatoms. The second-order valence-electron chi connectivity index (χ2n) is 12.4. The van der Waals surface area contributed by atoms with Crippen LogP contribution in [-0.4, -0.2) is 0 Å². The third-order valence-corrected chi connectivity index (χ3v) is 9.86. The molecule has 39 heavy (non-hydrogen) atoms. The molecule has 0 nitrogen and oxygen atoms in total. The van der Waals surface area contributed by atoms with Crippen molar-refractivity contribution in [3.63, 3.8) is 0 Å². The maximum atomic E-state index is 2.60. The number of hydrogen-bond donors (Lipinski definition) is 0. The predicted molar refractivity (Wildman–Crippen MR) is 167 cm³/mol. The van der Waals surface area contributed by atoms with Crippen LogP contribution in [0.2, 0.25) is 0 Å². The molecule has 0 saturated carbocycles. The van der Waals surface area contributed by atoms with E-state index >= 15 is 0 Å². The van der Waals surface area contributed by atoms with Crippen LogP contribution >= 0.6 is 0 Å². The van der Waals surface area contributed by atoms with Gasteiger partial charge in [0.1, 0.15) is 0 Å². The molecule has 8 rings (SSSR count). The second kappa shape index (κ2) is 8.55. The number of allylic oxidation sites excluding steroid dienone is 6. The normalized spacial score (nSPS) is 21.7. The summed E-state index contributed by atoms with van der Waals surface area (Å²) >= 11 is 0. The van der Waals surface area contributed by atoms with Crippen LogP contribution in [0.15, 0.2) is 97.1 Å². The van der Waals surface area contributed by atoms with Crippen LogP contribution in [-0.2, 0) is 18.3 Å². The van der Waals surface area contributed by atoms with Gasteiger partial charge in [0.25, 0.3) is 0 Å². The van der Waals surface area contributed by atoms with E-state index in [0.717, 1.165) is 0 Å². The van der Waals surface area contributed by atoms with Crippen LogP contribution in [0.25, 0.3) is 39.6 Å². The summed E-state index contributed by atoms with van der Waals surface area (Å²) in [7, 11) is 0. The minimum atomic E-state index is 0.0868. The fraction of sp³-hybridized carbons (Fsp3) is 0.231. The monoisotopic (exact) mass is 502 g/mol. The van der Waals surface area contributed by atoms with Gasteiger partial charge in [0, 0.05) is 5.92 Å².